The fourth-order valence-electron chi connectivity index (χ4n) is 5.28. The summed E-state index contributed by atoms with van der Waals surface area (Å²) in [6.07, 6.45) is 9.21. The van der Waals surface area contributed by atoms with E-state index in [1.54, 1.807) is 36.5 Å². The highest BCUT2D eigenvalue weighted by atomic mass is 35.5. The highest BCUT2D eigenvalue weighted by Gasteiger charge is 2.27. The molecule has 0 saturated carbocycles. The molecule has 0 aliphatic carbocycles. The molecule has 2 aliphatic rings. The SMILES string of the molecule is CC1CCCC(C)N1CCC1CCN(c2ncc(Cl)cc2NC(=O)c2cccc(Cl)c2)CC1. The zero-order valence-corrected chi connectivity index (χ0v) is 21.1. The minimum absolute atomic E-state index is 0.220. The van der Waals surface area contributed by atoms with Crippen molar-refractivity contribution in [1.29, 1.82) is 0 Å². The number of hydrogen-bond donors (Lipinski definition) is 1. The number of hydrogen-bond acceptors (Lipinski definition) is 4. The van der Waals surface area contributed by atoms with E-state index >= 15 is 0 Å². The van der Waals surface area contributed by atoms with Gasteiger partial charge in [0.05, 0.1) is 10.7 Å². The normalized spacial score (nSPS) is 22.4. The van der Waals surface area contributed by atoms with Crippen molar-refractivity contribution in [1.82, 2.24) is 9.88 Å². The molecular weight excluding hydrogens is 455 g/mol. The summed E-state index contributed by atoms with van der Waals surface area (Å²) in [5.41, 5.74) is 1.15. The number of halogens is 2. The standard InChI is InChI=1S/C26H34Cl2N4O/c1-18-5-3-6-19(2)32(18)14-11-20-9-12-31(13-10-20)25-24(16-23(28)17-29-25)30-26(33)21-7-4-8-22(27)15-21/h4,7-8,15-20H,3,5-6,9-14H2,1-2H3,(H,30,33). The summed E-state index contributed by atoms with van der Waals surface area (Å²) in [5, 5.41) is 4.02. The number of nitrogens with one attached hydrogen (secondary N) is 1. The molecule has 2 aliphatic heterocycles. The maximum atomic E-state index is 12.8. The second kappa shape index (κ2) is 11.1. The number of aromatic nitrogens is 1. The van der Waals surface area contributed by atoms with Gasteiger partial charge < -0.3 is 10.2 Å². The fraction of sp³-hybridized carbons (Fsp3) is 0.538. The van der Waals surface area contributed by atoms with E-state index in [-0.39, 0.29) is 5.91 Å². The van der Waals surface area contributed by atoms with Crippen molar-refractivity contribution in [2.24, 2.45) is 5.92 Å². The van der Waals surface area contributed by atoms with Crippen molar-refractivity contribution in [2.45, 2.75) is 64.5 Å². The summed E-state index contributed by atoms with van der Waals surface area (Å²) in [6, 6.07) is 10.1. The third kappa shape index (κ3) is 6.20. The summed E-state index contributed by atoms with van der Waals surface area (Å²) in [7, 11) is 0. The van der Waals surface area contributed by atoms with Crippen LogP contribution < -0.4 is 10.2 Å². The number of anilines is 2. The Kier molecular flexibility index (Phi) is 8.15. The van der Waals surface area contributed by atoms with Gasteiger partial charge in [-0.2, -0.15) is 0 Å². The number of benzene rings is 1. The van der Waals surface area contributed by atoms with Gasteiger partial charge in [0.25, 0.3) is 5.91 Å². The van der Waals surface area contributed by atoms with Gasteiger partial charge in [-0.25, -0.2) is 4.98 Å². The van der Waals surface area contributed by atoms with Gasteiger partial charge in [0.15, 0.2) is 5.82 Å². The van der Waals surface area contributed by atoms with Crippen LogP contribution in [0.1, 0.15) is 62.7 Å². The number of amides is 1. The highest BCUT2D eigenvalue weighted by molar-refractivity contribution is 6.31. The summed E-state index contributed by atoms with van der Waals surface area (Å²) in [6.45, 7) is 7.83. The van der Waals surface area contributed by atoms with Gasteiger partial charge in [-0.1, -0.05) is 35.7 Å². The van der Waals surface area contributed by atoms with Crippen molar-refractivity contribution in [3.8, 4) is 0 Å². The molecule has 2 aromatic rings. The molecule has 1 N–H and O–H groups in total. The van der Waals surface area contributed by atoms with E-state index in [2.05, 4.69) is 33.9 Å². The number of rotatable bonds is 6. The van der Waals surface area contributed by atoms with Crippen LogP contribution in [0.25, 0.3) is 0 Å². The number of carbonyl (C=O) groups is 1. The first-order valence-electron chi connectivity index (χ1n) is 12.1. The van der Waals surface area contributed by atoms with E-state index in [0.29, 0.717) is 33.4 Å². The van der Waals surface area contributed by atoms with Gasteiger partial charge in [0.1, 0.15) is 0 Å². The second-order valence-electron chi connectivity index (χ2n) is 9.58. The molecule has 0 spiro atoms. The molecule has 1 aromatic carbocycles. The molecule has 2 atom stereocenters. The first-order chi connectivity index (χ1) is 15.9. The number of likely N-dealkylation sites (tertiary alicyclic amines) is 1. The van der Waals surface area contributed by atoms with E-state index < -0.39 is 0 Å². The fourth-order valence-corrected chi connectivity index (χ4v) is 5.63. The molecule has 5 nitrogen and oxygen atoms in total. The predicted molar refractivity (Wildman–Crippen MR) is 138 cm³/mol. The largest absolute Gasteiger partial charge is 0.355 e. The molecule has 0 radical (unpaired) electrons. The Labute approximate surface area is 207 Å². The maximum absolute atomic E-state index is 12.8. The lowest BCUT2D eigenvalue weighted by molar-refractivity contribution is 0.0939. The lowest BCUT2D eigenvalue weighted by Crippen LogP contribution is -2.45. The third-order valence-electron chi connectivity index (χ3n) is 7.25. The zero-order chi connectivity index (χ0) is 23.4. The molecule has 7 heteroatoms. The van der Waals surface area contributed by atoms with Crippen LogP contribution in [0.5, 0.6) is 0 Å². The third-order valence-corrected chi connectivity index (χ3v) is 7.70. The average Bonchev–Trinajstić information content (AvgIpc) is 2.79. The van der Waals surface area contributed by atoms with Crippen LogP contribution in [0.3, 0.4) is 0 Å². The molecule has 178 valence electrons. The Bertz CT molecular complexity index is 951. The van der Waals surface area contributed by atoms with E-state index in [1.165, 1.54) is 32.2 Å². The molecule has 3 heterocycles. The van der Waals surface area contributed by atoms with Gasteiger partial charge in [-0.05, 0) is 82.7 Å². The average molecular weight is 489 g/mol. The van der Waals surface area contributed by atoms with Crippen molar-refractivity contribution < 1.29 is 4.79 Å². The molecular formula is C26H34Cl2N4O. The minimum atomic E-state index is -0.220. The second-order valence-corrected chi connectivity index (χ2v) is 10.4. The van der Waals surface area contributed by atoms with Crippen LogP contribution in [-0.2, 0) is 0 Å². The van der Waals surface area contributed by atoms with Crippen molar-refractivity contribution in [3.05, 3.63) is 52.1 Å². The van der Waals surface area contributed by atoms with Crippen LogP contribution in [0, 0.1) is 5.92 Å². The topological polar surface area (TPSA) is 48.5 Å². The van der Waals surface area contributed by atoms with Gasteiger partial charge in [0, 0.05) is 42.0 Å². The molecule has 0 bridgehead atoms. The summed E-state index contributed by atoms with van der Waals surface area (Å²) in [5.74, 6) is 1.30. The van der Waals surface area contributed by atoms with Crippen molar-refractivity contribution >= 4 is 40.6 Å². The number of pyridine rings is 1. The Morgan fingerprint density at radius 3 is 2.48 bits per heavy atom. The van der Waals surface area contributed by atoms with Crippen LogP contribution >= 0.6 is 23.2 Å². The molecule has 1 aromatic heterocycles. The lowest BCUT2D eigenvalue weighted by Gasteiger charge is -2.40. The smallest absolute Gasteiger partial charge is 0.255 e. The number of piperidine rings is 2. The summed E-state index contributed by atoms with van der Waals surface area (Å²) >= 11 is 12.3. The summed E-state index contributed by atoms with van der Waals surface area (Å²) in [4.78, 5) is 22.3. The van der Waals surface area contributed by atoms with Crippen LogP contribution in [0.2, 0.25) is 10.0 Å². The Morgan fingerprint density at radius 2 is 1.79 bits per heavy atom. The van der Waals surface area contributed by atoms with E-state index in [1.807, 2.05) is 0 Å². The Balaban J connectivity index is 1.36. The maximum Gasteiger partial charge on any atom is 0.255 e. The number of nitrogens with zero attached hydrogens (tertiary/aromatic N) is 3. The molecule has 2 saturated heterocycles. The van der Waals surface area contributed by atoms with Crippen LogP contribution in [-0.4, -0.2) is 47.5 Å². The van der Waals surface area contributed by atoms with E-state index in [0.717, 1.165) is 37.7 Å². The zero-order valence-electron chi connectivity index (χ0n) is 19.6. The molecule has 1 amide bonds. The molecule has 4 rings (SSSR count). The van der Waals surface area contributed by atoms with Crippen LogP contribution in [0.4, 0.5) is 11.5 Å². The Hall–Kier alpha value is -1.82. The van der Waals surface area contributed by atoms with Crippen molar-refractivity contribution in [2.75, 3.05) is 29.9 Å². The van der Waals surface area contributed by atoms with Gasteiger partial charge >= 0.3 is 0 Å². The van der Waals surface area contributed by atoms with Gasteiger partial charge in [0.2, 0.25) is 0 Å². The van der Waals surface area contributed by atoms with Crippen molar-refractivity contribution in [3.63, 3.8) is 0 Å². The molecule has 33 heavy (non-hydrogen) atoms. The van der Waals surface area contributed by atoms with E-state index in [9.17, 15) is 4.79 Å². The lowest BCUT2D eigenvalue weighted by atomic mass is 9.91. The predicted octanol–water partition coefficient (Wildman–Crippen LogP) is 6.51. The minimum Gasteiger partial charge on any atom is -0.355 e. The van der Waals surface area contributed by atoms with Gasteiger partial charge in [-0.15, -0.1) is 0 Å². The first-order valence-corrected chi connectivity index (χ1v) is 12.9. The van der Waals surface area contributed by atoms with Gasteiger partial charge in [-0.3, -0.25) is 9.69 Å². The first kappa shape index (κ1) is 24.3. The summed E-state index contributed by atoms with van der Waals surface area (Å²) < 4.78 is 0. The quantitative estimate of drug-likeness (QED) is 0.503. The Morgan fingerprint density at radius 1 is 1.06 bits per heavy atom. The highest BCUT2D eigenvalue weighted by Crippen LogP contribution is 2.32. The monoisotopic (exact) mass is 488 g/mol. The molecule has 2 fully saturated rings. The molecule has 2 unspecified atom stereocenters. The van der Waals surface area contributed by atoms with E-state index in [4.69, 9.17) is 23.2 Å². The number of carbonyl (C=O) groups excluding carboxylic acids is 1. The van der Waals surface area contributed by atoms with Crippen LogP contribution in [0.15, 0.2) is 36.5 Å².